The predicted octanol–water partition coefficient (Wildman–Crippen LogP) is 2.48. The minimum Gasteiger partial charge on any atom is -0.302 e. The van der Waals surface area contributed by atoms with Gasteiger partial charge in [-0.2, -0.15) is 13.2 Å². The standard InChI is InChI=1S/C19H12F4N6O3S/c1-29-16(31)14-11(24-7-25-15(14)28-18(29)32)5-13(30)27-17-26-12(6-33-17)8-2-3-10(20)9(4-8)19(21,22)23/h2-4,6-7H,5H2,1H3,(H,26,27,30)(H,24,25,28,32). The molecule has 0 spiro atoms. The van der Waals surface area contributed by atoms with E-state index < -0.39 is 34.7 Å². The molecule has 0 unspecified atom stereocenters. The molecule has 3 aromatic heterocycles. The summed E-state index contributed by atoms with van der Waals surface area (Å²) >= 11 is 0.948. The van der Waals surface area contributed by atoms with Gasteiger partial charge < -0.3 is 5.32 Å². The number of thiazole rings is 1. The molecule has 0 aliphatic heterocycles. The van der Waals surface area contributed by atoms with Gasteiger partial charge in [0.2, 0.25) is 5.91 Å². The summed E-state index contributed by atoms with van der Waals surface area (Å²) in [5.74, 6) is -2.01. The van der Waals surface area contributed by atoms with E-state index in [9.17, 15) is 31.9 Å². The Labute approximate surface area is 184 Å². The number of halogens is 4. The summed E-state index contributed by atoms with van der Waals surface area (Å²) in [7, 11) is 1.26. The molecule has 0 bridgehead atoms. The number of hydrogen-bond donors (Lipinski definition) is 2. The summed E-state index contributed by atoms with van der Waals surface area (Å²) < 4.78 is 53.2. The Balaban J connectivity index is 1.57. The maximum Gasteiger partial charge on any atom is 0.419 e. The van der Waals surface area contributed by atoms with Crippen LogP contribution in [0, 0.1) is 5.82 Å². The number of nitrogens with one attached hydrogen (secondary N) is 2. The van der Waals surface area contributed by atoms with Gasteiger partial charge in [-0.15, -0.1) is 11.3 Å². The average Bonchev–Trinajstić information content (AvgIpc) is 3.19. The van der Waals surface area contributed by atoms with Gasteiger partial charge in [0.15, 0.2) is 10.8 Å². The van der Waals surface area contributed by atoms with Crippen molar-refractivity contribution in [3.8, 4) is 11.3 Å². The van der Waals surface area contributed by atoms with Crippen LogP contribution in [0.1, 0.15) is 11.3 Å². The van der Waals surface area contributed by atoms with Crippen LogP contribution in [0.3, 0.4) is 0 Å². The van der Waals surface area contributed by atoms with E-state index in [4.69, 9.17) is 0 Å². The fourth-order valence-electron chi connectivity index (χ4n) is 3.00. The number of hydrogen-bond acceptors (Lipinski definition) is 7. The zero-order valence-corrected chi connectivity index (χ0v) is 17.3. The smallest absolute Gasteiger partial charge is 0.302 e. The Hall–Kier alpha value is -3.94. The van der Waals surface area contributed by atoms with Gasteiger partial charge in [0.1, 0.15) is 17.5 Å². The highest BCUT2D eigenvalue weighted by atomic mass is 32.1. The number of H-pyrrole nitrogens is 1. The van der Waals surface area contributed by atoms with Crippen LogP contribution in [0.4, 0.5) is 22.7 Å². The van der Waals surface area contributed by atoms with Gasteiger partial charge in [0, 0.05) is 18.0 Å². The summed E-state index contributed by atoms with van der Waals surface area (Å²) in [5, 5.41) is 3.93. The van der Waals surface area contributed by atoms with Crippen molar-refractivity contribution in [2.24, 2.45) is 7.05 Å². The molecule has 0 aliphatic rings. The molecular formula is C19H12F4N6O3S. The number of carbonyl (C=O) groups is 1. The Morgan fingerprint density at radius 1 is 1.24 bits per heavy atom. The molecule has 0 fully saturated rings. The molecule has 1 amide bonds. The predicted molar refractivity (Wildman–Crippen MR) is 110 cm³/mol. The van der Waals surface area contributed by atoms with E-state index in [2.05, 4.69) is 25.3 Å². The molecule has 4 aromatic rings. The molecule has 1 aromatic carbocycles. The number of benzene rings is 1. The highest BCUT2D eigenvalue weighted by Crippen LogP contribution is 2.35. The second-order valence-electron chi connectivity index (χ2n) is 6.79. The first-order chi connectivity index (χ1) is 15.5. The number of aromatic nitrogens is 5. The molecule has 14 heteroatoms. The number of fused-ring (bicyclic) bond motifs is 1. The van der Waals surface area contributed by atoms with E-state index in [1.807, 2.05) is 0 Å². The van der Waals surface area contributed by atoms with E-state index in [0.717, 1.165) is 28.3 Å². The molecule has 3 heterocycles. The second kappa shape index (κ2) is 8.20. The van der Waals surface area contributed by atoms with Gasteiger partial charge in [0.25, 0.3) is 5.56 Å². The molecule has 0 aliphatic carbocycles. The summed E-state index contributed by atoms with van der Waals surface area (Å²) in [5.41, 5.74) is -2.59. The number of amides is 1. The lowest BCUT2D eigenvalue weighted by Gasteiger charge is -2.09. The average molecular weight is 480 g/mol. The molecule has 170 valence electrons. The van der Waals surface area contributed by atoms with Crippen LogP contribution in [0.5, 0.6) is 0 Å². The zero-order valence-electron chi connectivity index (χ0n) is 16.5. The minimum atomic E-state index is -4.87. The molecule has 0 saturated heterocycles. The quantitative estimate of drug-likeness (QED) is 0.433. The molecule has 0 saturated carbocycles. The first-order valence-electron chi connectivity index (χ1n) is 9.10. The molecule has 9 nitrogen and oxygen atoms in total. The number of alkyl halides is 3. The molecule has 0 radical (unpaired) electrons. The summed E-state index contributed by atoms with van der Waals surface area (Å²) in [6, 6.07) is 2.48. The van der Waals surface area contributed by atoms with E-state index in [-0.39, 0.29) is 39.5 Å². The summed E-state index contributed by atoms with van der Waals surface area (Å²) in [6.45, 7) is 0. The normalized spacial score (nSPS) is 11.7. The van der Waals surface area contributed by atoms with Gasteiger partial charge in [-0.05, 0) is 18.2 Å². The first-order valence-corrected chi connectivity index (χ1v) is 9.98. The van der Waals surface area contributed by atoms with Gasteiger partial charge >= 0.3 is 11.9 Å². The van der Waals surface area contributed by atoms with Crippen LogP contribution in [0.25, 0.3) is 22.3 Å². The van der Waals surface area contributed by atoms with Crippen LogP contribution in [-0.4, -0.2) is 30.4 Å². The number of nitrogens with zero attached hydrogens (tertiary/aromatic N) is 4. The largest absolute Gasteiger partial charge is 0.419 e. The van der Waals surface area contributed by atoms with Crippen LogP contribution >= 0.6 is 11.3 Å². The van der Waals surface area contributed by atoms with Gasteiger partial charge in [-0.1, -0.05) is 0 Å². The monoisotopic (exact) mass is 480 g/mol. The van der Waals surface area contributed by atoms with E-state index in [1.165, 1.54) is 12.4 Å². The molecule has 4 rings (SSSR count). The Bertz CT molecular complexity index is 1510. The lowest BCUT2D eigenvalue weighted by atomic mass is 10.1. The van der Waals surface area contributed by atoms with Crippen molar-refractivity contribution in [2.75, 3.05) is 5.32 Å². The van der Waals surface area contributed by atoms with E-state index >= 15 is 0 Å². The summed E-state index contributed by atoms with van der Waals surface area (Å²) in [4.78, 5) is 50.9. The van der Waals surface area contributed by atoms with Crippen LogP contribution in [0.15, 0.2) is 39.5 Å². The van der Waals surface area contributed by atoms with E-state index in [1.54, 1.807) is 0 Å². The fraction of sp³-hybridized carbons (Fsp3) is 0.158. The highest BCUT2D eigenvalue weighted by Gasteiger charge is 2.34. The SMILES string of the molecule is Cn1c(=O)[nH]c2ncnc(CC(=O)Nc3nc(-c4ccc(F)c(C(F)(F)F)c4)cs3)c2c1=O. The molecule has 2 N–H and O–H groups in total. The lowest BCUT2D eigenvalue weighted by Crippen LogP contribution is -2.33. The van der Waals surface area contributed by atoms with Crippen molar-refractivity contribution in [1.82, 2.24) is 24.5 Å². The lowest BCUT2D eigenvalue weighted by molar-refractivity contribution is -0.140. The minimum absolute atomic E-state index is 0.0192. The van der Waals surface area contributed by atoms with Crippen molar-refractivity contribution in [3.05, 3.63) is 67.8 Å². The third kappa shape index (κ3) is 4.37. The van der Waals surface area contributed by atoms with Crippen molar-refractivity contribution in [3.63, 3.8) is 0 Å². The van der Waals surface area contributed by atoms with Gasteiger partial charge in [0.05, 0.1) is 23.4 Å². The second-order valence-corrected chi connectivity index (χ2v) is 7.65. The van der Waals surface area contributed by atoms with Crippen molar-refractivity contribution < 1.29 is 22.4 Å². The number of anilines is 1. The first kappa shape index (κ1) is 22.3. The number of carbonyl (C=O) groups excluding carboxylic acids is 1. The zero-order chi connectivity index (χ0) is 23.9. The van der Waals surface area contributed by atoms with Crippen molar-refractivity contribution in [1.29, 1.82) is 0 Å². The van der Waals surface area contributed by atoms with E-state index in [0.29, 0.717) is 12.1 Å². The third-order valence-electron chi connectivity index (χ3n) is 4.62. The Kier molecular flexibility index (Phi) is 5.53. The number of aromatic amines is 1. The topological polar surface area (TPSA) is 123 Å². The van der Waals surface area contributed by atoms with Crippen LogP contribution in [-0.2, 0) is 24.4 Å². The Morgan fingerprint density at radius 2 is 2.00 bits per heavy atom. The fourth-order valence-corrected chi connectivity index (χ4v) is 3.74. The van der Waals surface area contributed by atoms with Gasteiger partial charge in [-0.3, -0.25) is 19.1 Å². The highest BCUT2D eigenvalue weighted by molar-refractivity contribution is 7.14. The van der Waals surface area contributed by atoms with Crippen LogP contribution < -0.4 is 16.6 Å². The van der Waals surface area contributed by atoms with Gasteiger partial charge in [-0.25, -0.2) is 24.1 Å². The van der Waals surface area contributed by atoms with Crippen LogP contribution in [0.2, 0.25) is 0 Å². The molecular weight excluding hydrogens is 468 g/mol. The molecule has 0 atom stereocenters. The maximum atomic E-state index is 13.5. The maximum absolute atomic E-state index is 13.5. The van der Waals surface area contributed by atoms with Crippen molar-refractivity contribution >= 4 is 33.4 Å². The van der Waals surface area contributed by atoms with Crippen molar-refractivity contribution in [2.45, 2.75) is 12.6 Å². The summed E-state index contributed by atoms with van der Waals surface area (Å²) in [6.07, 6.45) is -4.13. The Morgan fingerprint density at radius 3 is 2.73 bits per heavy atom. The third-order valence-corrected chi connectivity index (χ3v) is 5.38. The molecule has 33 heavy (non-hydrogen) atoms. The number of rotatable bonds is 4.